The molecule has 2 N–H and O–H groups in total. The van der Waals surface area contributed by atoms with Crippen LogP contribution in [-0.4, -0.2) is 31.1 Å². The molecule has 0 aromatic heterocycles. The molecule has 0 radical (unpaired) electrons. The summed E-state index contributed by atoms with van der Waals surface area (Å²) in [5.41, 5.74) is 0.494. The van der Waals surface area contributed by atoms with E-state index in [9.17, 15) is 9.59 Å². The van der Waals surface area contributed by atoms with E-state index < -0.39 is 11.8 Å². The topological polar surface area (TPSA) is 76.7 Å². The lowest BCUT2D eigenvalue weighted by Crippen LogP contribution is -2.39. The molecule has 1 heterocycles. The van der Waals surface area contributed by atoms with E-state index in [1.165, 1.54) is 0 Å². The molecule has 0 saturated carbocycles. The van der Waals surface area contributed by atoms with Crippen molar-refractivity contribution >= 4 is 17.5 Å². The van der Waals surface area contributed by atoms with Crippen molar-refractivity contribution in [3.8, 4) is 11.5 Å². The lowest BCUT2D eigenvalue weighted by atomic mass is 10.2. The van der Waals surface area contributed by atoms with Gasteiger partial charge in [0.2, 0.25) is 0 Å². The van der Waals surface area contributed by atoms with Crippen LogP contribution in [0.15, 0.2) is 18.2 Å². The molecule has 1 aliphatic rings. The van der Waals surface area contributed by atoms with E-state index in [2.05, 4.69) is 10.6 Å². The first-order chi connectivity index (χ1) is 9.06. The summed E-state index contributed by atoms with van der Waals surface area (Å²) >= 11 is 0. The van der Waals surface area contributed by atoms with Gasteiger partial charge in [-0.25, -0.2) is 0 Å². The number of nitrogens with one attached hydrogen (secondary N) is 2. The molecule has 102 valence electrons. The van der Waals surface area contributed by atoms with Crippen LogP contribution in [0.3, 0.4) is 0 Å². The summed E-state index contributed by atoms with van der Waals surface area (Å²) < 4.78 is 10.8. The maximum absolute atomic E-state index is 11.6. The normalized spacial score (nSPS) is 13.0. The number of anilines is 1. The van der Waals surface area contributed by atoms with Gasteiger partial charge in [0.25, 0.3) is 0 Å². The van der Waals surface area contributed by atoms with Crippen LogP contribution in [0.5, 0.6) is 11.5 Å². The van der Waals surface area contributed by atoms with E-state index in [1.54, 1.807) is 32.0 Å². The number of benzene rings is 1. The number of fused-ring (bicyclic) bond motifs is 1. The smallest absolute Gasteiger partial charge is 0.313 e. The van der Waals surface area contributed by atoms with Gasteiger partial charge in [0.05, 0.1) is 0 Å². The van der Waals surface area contributed by atoms with Crippen LogP contribution in [0, 0.1) is 0 Å². The van der Waals surface area contributed by atoms with Crippen LogP contribution in [0.4, 0.5) is 5.69 Å². The maximum Gasteiger partial charge on any atom is 0.313 e. The number of ether oxygens (including phenoxy) is 2. The second kappa shape index (κ2) is 5.60. The van der Waals surface area contributed by atoms with Crippen molar-refractivity contribution in [1.29, 1.82) is 0 Å². The second-order valence-electron chi connectivity index (χ2n) is 4.44. The van der Waals surface area contributed by atoms with E-state index in [0.717, 1.165) is 0 Å². The Bertz CT molecular complexity index is 499. The summed E-state index contributed by atoms with van der Waals surface area (Å²) in [6.07, 6.45) is 0. The minimum atomic E-state index is -0.703. The van der Waals surface area contributed by atoms with Crippen molar-refractivity contribution in [2.45, 2.75) is 19.9 Å². The maximum atomic E-state index is 11.6. The number of carbonyl (C=O) groups excluding carboxylic acids is 2. The highest BCUT2D eigenvalue weighted by Crippen LogP contribution is 2.32. The van der Waals surface area contributed by atoms with Crippen molar-refractivity contribution in [2.24, 2.45) is 0 Å². The molecule has 1 aromatic carbocycles. The fraction of sp³-hybridized carbons (Fsp3) is 0.385. The Morgan fingerprint density at radius 2 is 1.79 bits per heavy atom. The molecule has 19 heavy (non-hydrogen) atoms. The SMILES string of the molecule is CC(C)NC(=O)C(=O)Nc1ccc2c(c1)OCCO2. The molecular weight excluding hydrogens is 248 g/mol. The van der Waals surface area contributed by atoms with E-state index in [0.29, 0.717) is 30.4 Å². The first-order valence-electron chi connectivity index (χ1n) is 6.08. The third kappa shape index (κ3) is 3.37. The van der Waals surface area contributed by atoms with Crippen molar-refractivity contribution in [3.63, 3.8) is 0 Å². The van der Waals surface area contributed by atoms with Crippen LogP contribution in [-0.2, 0) is 9.59 Å². The van der Waals surface area contributed by atoms with Crippen LogP contribution < -0.4 is 20.1 Å². The molecule has 0 atom stereocenters. The number of amides is 2. The predicted octanol–water partition coefficient (Wildman–Crippen LogP) is 0.921. The monoisotopic (exact) mass is 264 g/mol. The molecule has 0 aliphatic carbocycles. The van der Waals surface area contributed by atoms with Gasteiger partial charge in [0, 0.05) is 17.8 Å². The Labute approximate surface area is 111 Å². The first kappa shape index (κ1) is 13.2. The molecule has 0 fully saturated rings. The van der Waals surface area contributed by atoms with E-state index >= 15 is 0 Å². The van der Waals surface area contributed by atoms with Gasteiger partial charge >= 0.3 is 11.8 Å². The van der Waals surface area contributed by atoms with Crippen molar-refractivity contribution in [1.82, 2.24) is 5.32 Å². The van der Waals surface area contributed by atoms with Gasteiger partial charge in [-0.2, -0.15) is 0 Å². The lowest BCUT2D eigenvalue weighted by Gasteiger charge is -2.19. The van der Waals surface area contributed by atoms with Gasteiger partial charge in [0.1, 0.15) is 13.2 Å². The highest BCUT2D eigenvalue weighted by atomic mass is 16.6. The van der Waals surface area contributed by atoms with Crippen molar-refractivity contribution in [3.05, 3.63) is 18.2 Å². The van der Waals surface area contributed by atoms with Gasteiger partial charge in [-0.15, -0.1) is 0 Å². The molecule has 0 spiro atoms. The molecule has 2 amide bonds. The van der Waals surface area contributed by atoms with Crippen LogP contribution in [0.2, 0.25) is 0 Å². The zero-order valence-electron chi connectivity index (χ0n) is 10.9. The Kier molecular flexibility index (Phi) is 3.89. The Hall–Kier alpha value is -2.24. The first-order valence-corrected chi connectivity index (χ1v) is 6.08. The molecule has 0 saturated heterocycles. The quantitative estimate of drug-likeness (QED) is 0.779. The summed E-state index contributed by atoms with van der Waals surface area (Å²) in [4.78, 5) is 23.1. The summed E-state index contributed by atoms with van der Waals surface area (Å²) in [5.74, 6) is -0.167. The van der Waals surface area contributed by atoms with Gasteiger partial charge in [-0.05, 0) is 26.0 Å². The van der Waals surface area contributed by atoms with E-state index in [4.69, 9.17) is 9.47 Å². The molecule has 6 nitrogen and oxygen atoms in total. The highest BCUT2D eigenvalue weighted by Gasteiger charge is 2.16. The fourth-order valence-corrected chi connectivity index (χ4v) is 1.64. The summed E-state index contributed by atoms with van der Waals surface area (Å²) in [6.45, 7) is 4.55. The summed E-state index contributed by atoms with van der Waals surface area (Å²) in [6, 6.07) is 4.91. The Morgan fingerprint density at radius 3 is 2.47 bits per heavy atom. The van der Waals surface area contributed by atoms with Gasteiger partial charge in [-0.3, -0.25) is 9.59 Å². The van der Waals surface area contributed by atoms with Crippen LogP contribution in [0.25, 0.3) is 0 Å². The van der Waals surface area contributed by atoms with Gasteiger partial charge < -0.3 is 20.1 Å². The number of carbonyl (C=O) groups is 2. The standard InChI is InChI=1S/C13H16N2O4/c1-8(2)14-12(16)13(17)15-9-3-4-10-11(7-9)19-6-5-18-10/h3-4,7-8H,5-6H2,1-2H3,(H,14,16)(H,15,17). The third-order valence-electron chi connectivity index (χ3n) is 2.43. The third-order valence-corrected chi connectivity index (χ3v) is 2.43. The minimum Gasteiger partial charge on any atom is -0.486 e. The zero-order chi connectivity index (χ0) is 13.8. The predicted molar refractivity (Wildman–Crippen MR) is 69.3 cm³/mol. The highest BCUT2D eigenvalue weighted by molar-refractivity contribution is 6.39. The molecule has 1 aliphatic heterocycles. The Morgan fingerprint density at radius 1 is 1.11 bits per heavy atom. The Balaban J connectivity index is 2.03. The van der Waals surface area contributed by atoms with E-state index in [-0.39, 0.29) is 6.04 Å². The zero-order valence-corrected chi connectivity index (χ0v) is 10.9. The second-order valence-corrected chi connectivity index (χ2v) is 4.44. The van der Waals surface area contributed by atoms with E-state index in [1.807, 2.05) is 0 Å². The van der Waals surface area contributed by atoms with Gasteiger partial charge in [0.15, 0.2) is 11.5 Å². The average Bonchev–Trinajstić information content (AvgIpc) is 2.37. The number of hydrogen-bond donors (Lipinski definition) is 2. The lowest BCUT2D eigenvalue weighted by molar-refractivity contribution is -0.136. The summed E-state index contributed by atoms with van der Waals surface area (Å²) in [5, 5.41) is 5.03. The fourth-order valence-electron chi connectivity index (χ4n) is 1.64. The number of rotatable bonds is 2. The molecule has 0 bridgehead atoms. The number of hydrogen-bond acceptors (Lipinski definition) is 4. The largest absolute Gasteiger partial charge is 0.486 e. The molecule has 1 aromatic rings. The van der Waals surface area contributed by atoms with Crippen molar-refractivity contribution in [2.75, 3.05) is 18.5 Å². The molecule has 6 heteroatoms. The molecule has 0 unspecified atom stereocenters. The van der Waals surface area contributed by atoms with Crippen LogP contribution >= 0.6 is 0 Å². The van der Waals surface area contributed by atoms with Gasteiger partial charge in [-0.1, -0.05) is 0 Å². The molecular formula is C13H16N2O4. The summed E-state index contributed by atoms with van der Waals surface area (Å²) in [7, 11) is 0. The average molecular weight is 264 g/mol. The minimum absolute atomic E-state index is 0.0847. The van der Waals surface area contributed by atoms with Crippen molar-refractivity contribution < 1.29 is 19.1 Å². The molecule has 2 rings (SSSR count). The van der Waals surface area contributed by atoms with Crippen LogP contribution in [0.1, 0.15) is 13.8 Å².